The molecular weight excluding hydrogens is 154 g/mol. The molecule has 1 heterocycles. The second kappa shape index (κ2) is 3.47. The molecule has 0 aliphatic rings. The summed E-state index contributed by atoms with van der Waals surface area (Å²) < 4.78 is 5.27. The van der Waals surface area contributed by atoms with Crippen LogP contribution >= 0.6 is 0 Å². The Bertz CT molecular complexity index is 273. The minimum atomic E-state index is 0.0916. The highest BCUT2D eigenvalue weighted by molar-refractivity contribution is 5.07. The second-order valence-corrected chi connectivity index (χ2v) is 2.93. The van der Waals surface area contributed by atoms with Crippen LogP contribution in [0, 0.1) is 13.8 Å². The number of hydrogen-bond acceptors (Lipinski definition) is 4. The first-order valence-corrected chi connectivity index (χ1v) is 3.94. The van der Waals surface area contributed by atoms with Gasteiger partial charge in [-0.15, -0.1) is 5.10 Å². The Labute approximate surface area is 72.0 Å². The van der Waals surface area contributed by atoms with Crippen molar-refractivity contribution in [3.63, 3.8) is 0 Å². The molecule has 0 aliphatic carbocycles. The number of nitrogens with zero attached hydrogens (tertiary/aromatic N) is 3. The van der Waals surface area contributed by atoms with E-state index in [1.807, 2.05) is 27.7 Å². The van der Waals surface area contributed by atoms with Crippen LogP contribution in [0.25, 0.3) is 0 Å². The summed E-state index contributed by atoms with van der Waals surface area (Å²) in [6.07, 6.45) is 0.0916. The fourth-order valence-corrected chi connectivity index (χ4v) is 0.698. The van der Waals surface area contributed by atoms with Crippen LogP contribution in [0.1, 0.15) is 25.2 Å². The zero-order chi connectivity index (χ0) is 9.14. The predicted octanol–water partition coefficient (Wildman–Crippen LogP) is 1.28. The van der Waals surface area contributed by atoms with E-state index < -0.39 is 0 Å². The average molecular weight is 167 g/mol. The van der Waals surface area contributed by atoms with Crippen LogP contribution in [0.4, 0.5) is 0 Å². The van der Waals surface area contributed by atoms with E-state index in [1.165, 1.54) is 0 Å². The summed E-state index contributed by atoms with van der Waals surface area (Å²) in [5.41, 5.74) is 1.70. The molecule has 0 saturated carbocycles. The van der Waals surface area contributed by atoms with Gasteiger partial charge in [0.2, 0.25) is 0 Å². The number of ether oxygens (including phenoxy) is 1. The van der Waals surface area contributed by atoms with E-state index in [-0.39, 0.29) is 6.10 Å². The molecule has 0 fully saturated rings. The van der Waals surface area contributed by atoms with Crippen molar-refractivity contribution in [2.45, 2.75) is 33.8 Å². The Morgan fingerprint density at radius 3 is 2.25 bits per heavy atom. The van der Waals surface area contributed by atoms with Gasteiger partial charge in [-0.25, -0.2) is 0 Å². The number of aryl methyl sites for hydroxylation is 2. The summed E-state index contributed by atoms with van der Waals surface area (Å²) in [7, 11) is 0. The molecule has 0 aromatic carbocycles. The summed E-state index contributed by atoms with van der Waals surface area (Å²) in [5.74, 6) is 0. The molecule has 0 radical (unpaired) electrons. The number of rotatable bonds is 2. The molecule has 0 unspecified atom stereocenters. The molecule has 0 aliphatic heterocycles. The van der Waals surface area contributed by atoms with Gasteiger partial charge >= 0.3 is 6.01 Å². The molecule has 12 heavy (non-hydrogen) atoms. The fraction of sp³-hybridized carbons (Fsp3) is 0.625. The minimum absolute atomic E-state index is 0.0916. The van der Waals surface area contributed by atoms with Crippen molar-refractivity contribution < 1.29 is 4.74 Å². The Kier molecular flexibility index (Phi) is 2.58. The maximum atomic E-state index is 5.27. The molecule has 0 atom stereocenters. The first-order chi connectivity index (χ1) is 5.59. The SMILES string of the molecule is Cc1nnc(OC(C)C)nc1C. The highest BCUT2D eigenvalue weighted by atomic mass is 16.5. The van der Waals surface area contributed by atoms with Gasteiger partial charge in [0.1, 0.15) is 0 Å². The van der Waals surface area contributed by atoms with E-state index in [1.54, 1.807) is 0 Å². The monoisotopic (exact) mass is 167 g/mol. The maximum Gasteiger partial charge on any atom is 0.336 e. The molecule has 0 N–H and O–H groups in total. The van der Waals surface area contributed by atoms with Crippen LogP contribution < -0.4 is 4.74 Å². The Morgan fingerprint density at radius 2 is 1.75 bits per heavy atom. The third-order valence-electron chi connectivity index (χ3n) is 1.41. The Morgan fingerprint density at radius 1 is 1.08 bits per heavy atom. The van der Waals surface area contributed by atoms with Gasteiger partial charge in [0.05, 0.1) is 17.5 Å². The van der Waals surface area contributed by atoms with Crippen molar-refractivity contribution in [3.05, 3.63) is 11.4 Å². The van der Waals surface area contributed by atoms with Gasteiger partial charge in [0, 0.05) is 0 Å². The van der Waals surface area contributed by atoms with Crippen molar-refractivity contribution in [3.8, 4) is 6.01 Å². The average Bonchev–Trinajstić information content (AvgIpc) is 1.96. The lowest BCUT2D eigenvalue weighted by Crippen LogP contribution is -2.10. The third kappa shape index (κ3) is 2.15. The van der Waals surface area contributed by atoms with Crippen molar-refractivity contribution in [2.24, 2.45) is 0 Å². The fourth-order valence-electron chi connectivity index (χ4n) is 0.698. The van der Waals surface area contributed by atoms with E-state index in [9.17, 15) is 0 Å². The maximum absolute atomic E-state index is 5.27. The van der Waals surface area contributed by atoms with Gasteiger partial charge in [-0.05, 0) is 27.7 Å². The topological polar surface area (TPSA) is 47.9 Å². The van der Waals surface area contributed by atoms with E-state index in [4.69, 9.17) is 4.74 Å². The highest BCUT2D eigenvalue weighted by Gasteiger charge is 2.03. The lowest BCUT2D eigenvalue weighted by atomic mass is 10.4. The van der Waals surface area contributed by atoms with Crippen molar-refractivity contribution in [1.82, 2.24) is 15.2 Å². The molecule has 0 spiro atoms. The van der Waals surface area contributed by atoms with E-state index in [0.717, 1.165) is 11.4 Å². The minimum Gasteiger partial charge on any atom is -0.460 e. The van der Waals surface area contributed by atoms with Gasteiger partial charge < -0.3 is 4.74 Å². The summed E-state index contributed by atoms with van der Waals surface area (Å²) in [5, 5.41) is 7.69. The normalized spacial score (nSPS) is 10.4. The molecule has 4 heteroatoms. The molecular formula is C8H13N3O. The van der Waals surface area contributed by atoms with Crippen LogP contribution in [0.15, 0.2) is 0 Å². The van der Waals surface area contributed by atoms with Crippen LogP contribution in [0.3, 0.4) is 0 Å². The van der Waals surface area contributed by atoms with E-state index >= 15 is 0 Å². The number of hydrogen-bond donors (Lipinski definition) is 0. The van der Waals surface area contributed by atoms with Crippen molar-refractivity contribution in [1.29, 1.82) is 0 Å². The van der Waals surface area contributed by atoms with E-state index in [0.29, 0.717) is 6.01 Å². The third-order valence-corrected chi connectivity index (χ3v) is 1.41. The quantitative estimate of drug-likeness (QED) is 0.665. The molecule has 0 amide bonds. The highest BCUT2D eigenvalue weighted by Crippen LogP contribution is 2.05. The van der Waals surface area contributed by atoms with Crippen LogP contribution in [0.5, 0.6) is 6.01 Å². The van der Waals surface area contributed by atoms with Crippen LogP contribution in [-0.4, -0.2) is 21.3 Å². The van der Waals surface area contributed by atoms with Crippen LogP contribution in [-0.2, 0) is 0 Å². The Hall–Kier alpha value is -1.19. The predicted molar refractivity (Wildman–Crippen MR) is 45.1 cm³/mol. The van der Waals surface area contributed by atoms with E-state index in [2.05, 4.69) is 15.2 Å². The summed E-state index contributed by atoms with van der Waals surface area (Å²) in [6, 6.07) is 0.355. The summed E-state index contributed by atoms with van der Waals surface area (Å²) >= 11 is 0. The first-order valence-electron chi connectivity index (χ1n) is 3.94. The lowest BCUT2D eigenvalue weighted by Gasteiger charge is -2.07. The molecule has 1 rings (SSSR count). The summed E-state index contributed by atoms with van der Waals surface area (Å²) in [4.78, 5) is 4.12. The summed E-state index contributed by atoms with van der Waals surface area (Å²) in [6.45, 7) is 7.61. The molecule has 4 nitrogen and oxygen atoms in total. The smallest absolute Gasteiger partial charge is 0.336 e. The molecule has 0 saturated heterocycles. The molecule has 1 aromatic heterocycles. The van der Waals surface area contributed by atoms with Gasteiger partial charge in [-0.1, -0.05) is 5.10 Å². The molecule has 0 bridgehead atoms. The van der Waals surface area contributed by atoms with Gasteiger partial charge in [-0.2, -0.15) is 4.98 Å². The van der Waals surface area contributed by atoms with Crippen molar-refractivity contribution in [2.75, 3.05) is 0 Å². The van der Waals surface area contributed by atoms with Gasteiger partial charge in [-0.3, -0.25) is 0 Å². The van der Waals surface area contributed by atoms with Crippen molar-refractivity contribution >= 4 is 0 Å². The molecule has 1 aromatic rings. The lowest BCUT2D eigenvalue weighted by molar-refractivity contribution is 0.218. The van der Waals surface area contributed by atoms with Gasteiger partial charge in [0.25, 0.3) is 0 Å². The second-order valence-electron chi connectivity index (χ2n) is 2.93. The number of aromatic nitrogens is 3. The van der Waals surface area contributed by atoms with Gasteiger partial charge in [0.15, 0.2) is 0 Å². The van der Waals surface area contributed by atoms with Crippen LogP contribution in [0.2, 0.25) is 0 Å². The molecule has 66 valence electrons. The largest absolute Gasteiger partial charge is 0.460 e. The Balaban J connectivity index is 2.82. The zero-order valence-electron chi connectivity index (χ0n) is 7.83. The first kappa shape index (κ1) is 8.90. The zero-order valence-corrected chi connectivity index (χ0v) is 7.83. The standard InChI is InChI=1S/C8H13N3O/c1-5(2)12-8-9-6(3)7(4)10-11-8/h5H,1-4H3.